The third kappa shape index (κ3) is 4.03. The Morgan fingerprint density at radius 2 is 2.05 bits per heavy atom. The predicted octanol–water partition coefficient (Wildman–Crippen LogP) is 1.47. The van der Waals surface area contributed by atoms with Gasteiger partial charge in [-0.3, -0.25) is 15.6 Å². The molecule has 1 heterocycles. The van der Waals surface area contributed by atoms with Gasteiger partial charge in [-0.1, -0.05) is 23.2 Å². The van der Waals surface area contributed by atoms with E-state index in [1.807, 2.05) is 0 Å². The zero-order valence-electron chi connectivity index (χ0n) is 11.1. The summed E-state index contributed by atoms with van der Waals surface area (Å²) in [5, 5.41) is 0.779. The van der Waals surface area contributed by atoms with Crippen LogP contribution in [0.5, 0.6) is 5.75 Å². The van der Waals surface area contributed by atoms with Gasteiger partial charge in [0.25, 0.3) is 5.91 Å². The number of hydrogen-bond donors (Lipinski definition) is 4. The zero-order chi connectivity index (χ0) is 16.1. The average Bonchev–Trinajstić information content (AvgIpc) is 2.48. The Kier molecular flexibility index (Phi) is 5.08. The van der Waals surface area contributed by atoms with E-state index in [1.54, 1.807) is 12.1 Å². The zero-order valence-corrected chi connectivity index (χ0v) is 12.6. The van der Waals surface area contributed by atoms with Gasteiger partial charge in [-0.05, 0) is 18.2 Å². The molecule has 0 aliphatic heterocycles. The Morgan fingerprint density at radius 1 is 1.27 bits per heavy atom. The lowest BCUT2D eigenvalue weighted by Gasteiger charge is -2.11. The SMILES string of the molecule is Nc1ncnc(NNC(=O)COc2ccc(Cl)cc2Cl)c1N. The van der Waals surface area contributed by atoms with Crippen LogP contribution in [0.15, 0.2) is 24.5 Å². The molecule has 0 fully saturated rings. The predicted molar refractivity (Wildman–Crippen MR) is 84.6 cm³/mol. The fraction of sp³-hybridized carbons (Fsp3) is 0.0833. The first-order chi connectivity index (χ1) is 10.5. The van der Waals surface area contributed by atoms with Crippen molar-refractivity contribution in [3.05, 3.63) is 34.6 Å². The number of nitrogens with one attached hydrogen (secondary N) is 2. The summed E-state index contributed by atoms with van der Waals surface area (Å²) in [7, 11) is 0. The number of nitrogens with zero attached hydrogens (tertiary/aromatic N) is 2. The van der Waals surface area contributed by atoms with Crippen LogP contribution in [0, 0.1) is 0 Å². The van der Waals surface area contributed by atoms with E-state index in [0.29, 0.717) is 15.8 Å². The van der Waals surface area contributed by atoms with Crippen molar-refractivity contribution < 1.29 is 9.53 Å². The Hall–Kier alpha value is -2.45. The first-order valence-electron chi connectivity index (χ1n) is 5.96. The van der Waals surface area contributed by atoms with Crippen LogP contribution in [-0.2, 0) is 4.79 Å². The normalized spacial score (nSPS) is 10.1. The summed E-state index contributed by atoms with van der Waals surface area (Å²) in [5.41, 5.74) is 16.2. The standard InChI is InChI=1S/C12H12Cl2N6O2/c13-6-1-2-8(7(14)3-6)22-4-9(21)19-20-12-10(15)11(16)17-5-18-12/h1-3,5H,4,15H2,(H,19,21)(H3,16,17,18,20). The van der Waals surface area contributed by atoms with Crippen molar-refractivity contribution in [3.8, 4) is 5.75 Å². The van der Waals surface area contributed by atoms with E-state index in [4.69, 9.17) is 39.4 Å². The second-order valence-corrected chi connectivity index (χ2v) is 4.90. The number of carbonyl (C=O) groups excluding carboxylic acids is 1. The fourth-order valence-corrected chi connectivity index (χ4v) is 1.87. The molecule has 0 aliphatic carbocycles. The van der Waals surface area contributed by atoms with Crippen LogP contribution in [0.1, 0.15) is 0 Å². The minimum absolute atomic E-state index is 0.107. The largest absolute Gasteiger partial charge is 0.482 e. The molecule has 2 aromatic rings. The lowest BCUT2D eigenvalue weighted by Crippen LogP contribution is -2.34. The van der Waals surface area contributed by atoms with Gasteiger partial charge < -0.3 is 16.2 Å². The number of hydrazine groups is 1. The molecule has 0 radical (unpaired) electrons. The molecule has 0 saturated carbocycles. The molecule has 1 amide bonds. The molecule has 10 heteroatoms. The number of anilines is 3. The fourth-order valence-electron chi connectivity index (χ4n) is 1.41. The molecule has 6 N–H and O–H groups in total. The molecule has 116 valence electrons. The summed E-state index contributed by atoms with van der Waals surface area (Å²) in [5.74, 6) is 0.163. The summed E-state index contributed by atoms with van der Waals surface area (Å²) in [6, 6.07) is 4.68. The highest BCUT2D eigenvalue weighted by atomic mass is 35.5. The van der Waals surface area contributed by atoms with Gasteiger partial charge in [-0.15, -0.1) is 0 Å². The number of aromatic nitrogens is 2. The van der Waals surface area contributed by atoms with E-state index >= 15 is 0 Å². The highest BCUT2D eigenvalue weighted by Crippen LogP contribution is 2.27. The van der Waals surface area contributed by atoms with Gasteiger partial charge in [-0.2, -0.15) is 0 Å². The van der Waals surface area contributed by atoms with E-state index in [-0.39, 0.29) is 23.9 Å². The minimum Gasteiger partial charge on any atom is -0.482 e. The molecule has 1 aromatic heterocycles. The molecule has 0 bridgehead atoms. The lowest BCUT2D eigenvalue weighted by atomic mass is 10.3. The Bertz CT molecular complexity index is 697. The van der Waals surface area contributed by atoms with Gasteiger partial charge in [0.2, 0.25) is 0 Å². The monoisotopic (exact) mass is 342 g/mol. The number of benzene rings is 1. The minimum atomic E-state index is -0.470. The number of ether oxygens (including phenoxy) is 1. The molecule has 2 rings (SSSR count). The molecule has 1 aromatic carbocycles. The summed E-state index contributed by atoms with van der Waals surface area (Å²) in [6.07, 6.45) is 1.21. The molecule has 0 atom stereocenters. The summed E-state index contributed by atoms with van der Waals surface area (Å²) in [6.45, 7) is -0.269. The molecule has 22 heavy (non-hydrogen) atoms. The van der Waals surface area contributed by atoms with E-state index in [1.165, 1.54) is 12.4 Å². The maximum atomic E-state index is 11.7. The van der Waals surface area contributed by atoms with Crippen molar-refractivity contribution in [2.24, 2.45) is 0 Å². The smallest absolute Gasteiger partial charge is 0.276 e. The van der Waals surface area contributed by atoms with Crippen LogP contribution in [0.4, 0.5) is 17.3 Å². The van der Waals surface area contributed by atoms with Crippen molar-refractivity contribution in [1.82, 2.24) is 15.4 Å². The highest BCUT2D eigenvalue weighted by Gasteiger charge is 2.08. The molecular weight excluding hydrogens is 331 g/mol. The Morgan fingerprint density at radius 3 is 2.77 bits per heavy atom. The van der Waals surface area contributed by atoms with Gasteiger partial charge in [0, 0.05) is 5.02 Å². The topological polar surface area (TPSA) is 128 Å². The van der Waals surface area contributed by atoms with Crippen LogP contribution in [0.3, 0.4) is 0 Å². The molecule has 0 unspecified atom stereocenters. The van der Waals surface area contributed by atoms with Crippen LogP contribution in [0.25, 0.3) is 0 Å². The van der Waals surface area contributed by atoms with Gasteiger partial charge in [0.1, 0.15) is 17.8 Å². The first kappa shape index (κ1) is 15.9. The first-order valence-corrected chi connectivity index (χ1v) is 6.71. The van der Waals surface area contributed by atoms with E-state index in [2.05, 4.69) is 20.8 Å². The van der Waals surface area contributed by atoms with E-state index < -0.39 is 5.91 Å². The van der Waals surface area contributed by atoms with Crippen LogP contribution >= 0.6 is 23.2 Å². The summed E-state index contributed by atoms with van der Waals surface area (Å²) >= 11 is 11.7. The number of rotatable bonds is 5. The van der Waals surface area contributed by atoms with Crippen LogP contribution < -0.4 is 27.1 Å². The van der Waals surface area contributed by atoms with Crippen molar-refractivity contribution in [3.63, 3.8) is 0 Å². The van der Waals surface area contributed by atoms with Gasteiger partial charge in [0.05, 0.1) is 5.02 Å². The van der Waals surface area contributed by atoms with Gasteiger partial charge in [0.15, 0.2) is 18.2 Å². The quantitative estimate of drug-likeness (QED) is 0.605. The third-order valence-electron chi connectivity index (χ3n) is 2.49. The number of carbonyl (C=O) groups is 1. The number of hydrogen-bond acceptors (Lipinski definition) is 7. The van der Waals surface area contributed by atoms with E-state index in [9.17, 15) is 4.79 Å². The van der Waals surface area contributed by atoms with Crippen molar-refractivity contribution in [1.29, 1.82) is 0 Å². The number of amides is 1. The third-order valence-corrected chi connectivity index (χ3v) is 3.02. The molecule has 0 aliphatic rings. The van der Waals surface area contributed by atoms with Gasteiger partial charge >= 0.3 is 0 Å². The summed E-state index contributed by atoms with van der Waals surface area (Å²) in [4.78, 5) is 19.2. The second-order valence-electron chi connectivity index (χ2n) is 4.06. The molecule has 8 nitrogen and oxygen atoms in total. The lowest BCUT2D eigenvalue weighted by molar-refractivity contribution is -0.122. The van der Waals surface area contributed by atoms with Gasteiger partial charge in [-0.25, -0.2) is 9.97 Å². The van der Waals surface area contributed by atoms with Crippen LogP contribution in [-0.4, -0.2) is 22.5 Å². The molecule has 0 spiro atoms. The average molecular weight is 343 g/mol. The maximum absolute atomic E-state index is 11.7. The van der Waals surface area contributed by atoms with Crippen molar-refractivity contribution in [2.45, 2.75) is 0 Å². The molecule has 0 saturated heterocycles. The van der Waals surface area contributed by atoms with E-state index in [0.717, 1.165) is 0 Å². The second kappa shape index (κ2) is 7.01. The number of halogens is 2. The summed E-state index contributed by atoms with van der Waals surface area (Å²) < 4.78 is 5.26. The Balaban J connectivity index is 1.87. The molecular formula is C12H12Cl2N6O2. The number of nitrogens with two attached hydrogens (primary N) is 2. The number of nitrogen functional groups attached to an aromatic ring is 2. The van der Waals surface area contributed by atoms with Crippen molar-refractivity contribution in [2.75, 3.05) is 23.5 Å². The highest BCUT2D eigenvalue weighted by molar-refractivity contribution is 6.35. The van der Waals surface area contributed by atoms with Crippen molar-refractivity contribution >= 4 is 46.4 Å². The van der Waals surface area contributed by atoms with Crippen LogP contribution in [0.2, 0.25) is 10.0 Å². The maximum Gasteiger partial charge on any atom is 0.276 e. The Labute approximate surface area is 135 Å².